The first-order chi connectivity index (χ1) is 10.1. The van der Waals surface area contributed by atoms with E-state index < -0.39 is 24.0 Å². The van der Waals surface area contributed by atoms with Gasteiger partial charge in [-0.2, -0.15) is 0 Å². The fraction of sp³-hybridized carbons (Fsp3) is 0.308. The standard InChI is InChI=1S/C13H12FN3O4/c14-7-4-9(12(15)18)17(6-7)13(19)8-5-11(21-16-8)10-2-1-3-20-10/h1-3,5,7,9H,4,6H2,(H2,15,18)/t7-,9+/m1/s1. The van der Waals surface area contributed by atoms with Gasteiger partial charge in [-0.25, -0.2) is 4.39 Å². The van der Waals surface area contributed by atoms with Gasteiger partial charge in [0.1, 0.15) is 12.2 Å². The fourth-order valence-corrected chi connectivity index (χ4v) is 2.34. The van der Waals surface area contributed by atoms with E-state index in [0.717, 1.165) is 4.90 Å². The molecule has 0 spiro atoms. The molecule has 0 saturated carbocycles. The minimum atomic E-state index is -1.28. The van der Waals surface area contributed by atoms with Crippen LogP contribution in [0.1, 0.15) is 16.9 Å². The van der Waals surface area contributed by atoms with E-state index in [0.29, 0.717) is 5.76 Å². The van der Waals surface area contributed by atoms with E-state index in [-0.39, 0.29) is 24.4 Å². The van der Waals surface area contributed by atoms with E-state index in [1.54, 1.807) is 12.1 Å². The number of carbonyl (C=O) groups excluding carboxylic acids is 2. The number of rotatable bonds is 3. The van der Waals surface area contributed by atoms with E-state index in [9.17, 15) is 14.0 Å². The number of hydrogen-bond acceptors (Lipinski definition) is 5. The quantitative estimate of drug-likeness (QED) is 0.908. The molecule has 21 heavy (non-hydrogen) atoms. The van der Waals surface area contributed by atoms with Gasteiger partial charge in [-0.1, -0.05) is 5.16 Å². The zero-order valence-electron chi connectivity index (χ0n) is 10.9. The molecule has 2 atom stereocenters. The van der Waals surface area contributed by atoms with Crippen molar-refractivity contribution in [3.8, 4) is 11.5 Å². The fourth-order valence-electron chi connectivity index (χ4n) is 2.34. The van der Waals surface area contributed by atoms with Crippen molar-refractivity contribution in [2.45, 2.75) is 18.6 Å². The minimum absolute atomic E-state index is 0.0262. The molecule has 3 heterocycles. The van der Waals surface area contributed by atoms with Gasteiger partial charge in [0, 0.05) is 12.5 Å². The number of nitrogens with zero attached hydrogens (tertiary/aromatic N) is 2. The Labute approximate surface area is 118 Å². The van der Waals surface area contributed by atoms with Gasteiger partial charge in [-0.05, 0) is 12.1 Å². The zero-order chi connectivity index (χ0) is 15.0. The Kier molecular flexibility index (Phi) is 3.20. The number of alkyl halides is 1. The Bertz CT molecular complexity index is 667. The number of nitrogens with two attached hydrogens (primary N) is 1. The van der Waals surface area contributed by atoms with Crippen molar-refractivity contribution >= 4 is 11.8 Å². The Balaban J connectivity index is 1.83. The van der Waals surface area contributed by atoms with Crippen LogP contribution in [-0.4, -0.2) is 40.6 Å². The molecule has 2 aromatic rings. The summed E-state index contributed by atoms with van der Waals surface area (Å²) in [7, 11) is 0. The second-order valence-electron chi connectivity index (χ2n) is 4.76. The molecule has 1 aliphatic heterocycles. The van der Waals surface area contributed by atoms with Crippen molar-refractivity contribution < 1.29 is 22.9 Å². The number of furan rings is 1. The third kappa shape index (κ3) is 2.39. The Morgan fingerprint density at radius 2 is 2.24 bits per heavy atom. The maximum atomic E-state index is 13.4. The summed E-state index contributed by atoms with van der Waals surface area (Å²) in [5.74, 6) is -0.647. The topological polar surface area (TPSA) is 103 Å². The number of primary amides is 1. The highest BCUT2D eigenvalue weighted by Crippen LogP contribution is 2.25. The molecule has 7 nitrogen and oxygen atoms in total. The molecule has 3 rings (SSSR count). The number of aromatic nitrogens is 1. The van der Waals surface area contributed by atoms with E-state index in [1.165, 1.54) is 12.3 Å². The normalized spacial score (nSPS) is 21.7. The minimum Gasteiger partial charge on any atom is -0.461 e. The second-order valence-corrected chi connectivity index (χ2v) is 4.76. The average molecular weight is 293 g/mol. The van der Waals surface area contributed by atoms with Crippen LogP contribution in [0, 0.1) is 0 Å². The van der Waals surface area contributed by atoms with Crippen LogP contribution in [0.2, 0.25) is 0 Å². The molecular weight excluding hydrogens is 281 g/mol. The number of halogens is 1. The van der Waals surface area contributed by atoms with E-state index in [1.807, 2.05) is 0 Å². The number of hydrogen-bond donors (Lipinski definition) is 1. The molecule has 0 bridgehead atoms. The molecule has 1 saturated heterocycles. The van der Waals surface area contributed by atoms with E-state index >= 15 is 0 Å². The third-order valence-electron chi connectivity index (χ3n) is 3.33. The molecule has 1 aliphatic rings. The Morgan fingerprint density at radius 3 is 2.90 bits per heavy atom. The molecule has 2 amide bonds. The molecule has 2 aromatic heterocycles. The van der Waals surface area contributed by atoms with Crippen LogP contribution in [0.4, 0.5) is 4.39 Å². The maximum Gasteiger partial charge on any atom is 0.276 e. The Hall–Kier alpha value is -2.64. The highest BCUT2D eigenvalue weighted by molar-refractivity contribution is 5.96. The lowest BCUT2D eigenvalue weighted by molar-refractivity contribution is -0.121. The van der Waals surface area contributed by atoms with Gasteiger partial charge in [0.25, 0.3) is 5.91 Å². The Morgan fingerprint density at radius 1 is 1.43 bits per heavy atom. The van der Waals surface area contributed by atoms with Crippen LogP contribution < -0.4 is 5.73 Å². The summed E-state index contributed by atoms with van der Waals surface area (Å²) < 4.78 is 23.6. The lowest BCUT2D eigenvalue weighted by atomic mass is 10.2. The van der Waals surface area contributed by atoms with Crippen molar-refractivity contribution in [2.24, 2.45) is 5.73 Å². The monoisotopic (exact) mass is 293 g/mol. The van der Waals surface area contributed by atoms with Crippen molar-refractivity contribution in [3.63, 3.8) is 0 Å². The average Bonchev–Trinajstić information content (AvgIpc) is 3.17. The highest BCUT2D eigenvalue weighted by atomic mass is 19.1. The van der Waals surface area contributed by atoms with E-state index in [4.69, 9.17) is 14.7 Å². The summed E-state index contributed by atoms with van der Waals surface area (Å²) in [5.41, 5.74) is 5.16. The zero-order valence-corrected chi connectivity index (χ0v) is 10.9. The lowest BCUT2D eigenvalue weighted by Gasteiger charge is -2.20. The van der Waals surface area contributed by atoms with Gasteiger partial charge >= 0.3 is 0 Å². The van der Waals surface area contributed by atoms with Crippen molar-refractivity contribution in [2.75, 3.05) is 6.54 Å². The molecule has 0 aliphatic carbocycles. The highest BCUT2D eigenvalue weighted by Gasteiger charge is 2.40. The largest absolute Gasteiger partial charge is 0.461 e. The van der Waals surface area contributed by atoms with Gasteiger partial charge < -0.3 is 19.6 Å². The predicted molar refractivity (Wildman–Crippen MR) is 67.7 cm³/mol. The van der Waals surface area contributed by atoms with Gasteiger partial charge in [0.15, 0.2) is 11.5 Å². The van der Waals surface area contributed by atoms with Crippen molar-refractivity contribution in [3.05, 3.63) is 30.2 Å². The molecule has 0 radical (unpaired) electrons. The second kappa shape index (κ2) is 5.04. The summed E-state index contributed by atoms with van der Waals surface area (Å²) in [6.07, 6.45) is 0.0866. The molecule has 0 unspecified atom stereocenters. The first kappa shape index (κ1) is 13.3. The van der Waals surface area contributed by atoms with E-state index in [2.05, 4.69) is 5.16 Å². The summed E-state index contributed by atoms with van der Waals surface area (Å²) >= 11 is 0. The number of carbonyl (C=O) groups is 2. The first-order valence-corrected chi connectivity index (χ1v) is 6.31. The lowest BCUT2D eigenvalue weighted by Crippen LogP contribution is -2.43. The maximum absolute atomic E-state index is 13.4. The summed E-state index contributed by atoms with van der Waals surface area (Å²) in [5, 5.41) is 3.63. The molecule has 110 valence electrons. The van der Waals surface area contributed by atoms with Crippen molar-refractivity contribution in [1.29, 1.82) is 0 Å². The number of likely N-dealkylation sites (tertiary alicyclic amines) is 1. The van der Waals surface area contributed by atoms with Crippen LogP contribution >= 0.6 is 0 Å². The van der Waals surface area contributed by atoms with Gasteiger partial charge in [0.05, 0.1) is 12.8 Å². The van der Waals surface area contributed by atoms with Crippen LogP contribution in [0.25, 0.3) is 11.5 Å². The third-order valence-corrected chi connectivity index (χ3v) is 3.33. The number of amides is 2. The van der Waals surface area contributed by atoms with Crippen LogP contribution in [0.5, 0.6) is 0 Å². The summed E-state index contributed by atoms with van der Waals surface area (Å²) in [6, 6.07) is 3.73. The SMILES string of the molecule is NC(=O)[C@@H]1C[C@@H](F)CN1C(=O)c1cc(-c2ccco2)on1. The predicted octanol–water partition coefficient (Wildman–Crippen LogP) is 0.973. The molecule has 8 heteroatoms. The molecule has 2 N–H and O–H groups in total. The molecular formula is C13H12FN3O4. The van der Waals surface area contributed by atoms with Crippen LogP contribution in [-0.2, 0) is 4.79 Å². The molecule has 1 fully saturated rings. The van der Waals surface area contributed by atoms with Gasteiger partial charge in [-0.3, -0.25) is 9.59 Å². The smallest absolute Gasteiger partial charge is 0.276 e. The molecule has 0 aromatic carbocycles. The summed E-state index contributed by atoms with van der Waals surface area (Å²) in [6.45, 7) is -0.185. The summed E-state index contributed by atoms with van der Waals surface area (Å²) in [4.78, 5) is 24.7. The first-order valence-electron chi connectivity index (χ1n) is 6.31. The van der Waals surface area contributed by atoms with Gasteiger partial charge in [0.2, 0.25) is 11.7 Å². The van der Waals surface area contributed by atoms with Crippen LogP contribution in [0.3, 0.4) is 0 Å². The van der Waals surface area contributed by atoms with Crippen LogP contribution in [0.15, 0.2) is 33.4 Å². The van der Waals surface area contributed by atoms with Crippen molar-refractivity contribution in [1.82, 2.24) is 10.1 Å². The van der Waals surface area contributed by atoms with Gasteiger partial charge in [-0.15, -0.1) is 0 Å².